The van der Waals surface area contributed by atoms with Gasteiger partial charge in [-0.2, -0.15) is 0 Å². The van der Waals surface area contributed by atoms with E-state index in [1.165, 1.54) is 19.1 Å². The molecule has 6 nitrogen and oxygen atoms in total. The first-order valence-corrected chi connectivity index (χ1v) is 7.54. The van der Waals surface area contributed by atoms with Crippen LogP contribution in [0.3, 0.4) is 0 Å². The van der Waals surface area contributed by atoms with Crippen molar-refractivity contribution in [1.82, 2.24) is 10.5 Å². The van der Waals surface area contributed by atoms with E-state index in [-0.39, 0.29) is 11.4 Å². The predicted octanol–water partition coefficient (Wildman–Crippen LogP) is 2.33. The first-order valence-electron chi connectivity index (χ1n) is 7.54. The highest BCUT2D eigenvalue weighted by molar-refractivity contribution is 5.93. The van der Waals surface area contributed by atoms with Crippen molar-refractivity contribution in [2.24, 2.45) is 0 Å². The Balaban J connectivity index is 1.81. The van der Waals surface area contributed by atoms with Gasteiger partial charge in [0.2, 0.25) is 0 Å². The van der Waals surface area contributed by atoms with E-state index in [4.69, 9.17) is 9.26 Å². The lowest BCUT2D eigenvalue weighted by Gasteiger charge is -2.13. The number of aromatic nitrogens is 1. The van der Waals surface area contributed by atoms with Gasteiger partial charge in [-0.25, -0.2) is 9.18 Å². The molecule has 1 atom stereocenters. The van der Waals surface area contributed by atoms with Gasteiger partial charge in [0.05, 0.1) is 5.69 Å². The molecule has 0 unspecified atom stereocenters. The molecule has 2 aromatic rings. The van der Waals surface area contributed by atoms with Gasteiger partial charge in [-0.05, 0) is 44.9 Å². The zero-order chi connectivity index (χ0) is 17.7. The number of carbonyl (C=O) groups excluding carboxylic acids is 2. The fraction of sp³-hybridized carbons (Fsp3) is 0.353. The fourth-order valence-corrected chi connectivity index (χ4v) is 2.17. The molecule has 24 heavy (non-hydrogen) atoms. The molecule has 1 N–H and O–H groups in total. The topological polar surface area (TPSA) is 81.4 Å². The third kappa shape index (κ3) is 4.41. The molecule has 0 aliphatic heterocycles. The minimum atomic E-state index is -0.945. The number of halogens is 1. The monoisotopic (exact) mass is 334 g/mol. The van der Waals surface area contributed by atoms with E-state index >= 15 is 0 Å². The van der Waals surface area contributed by atoms with Crippen LogP contribution in [0.15, 0.2) is 28.8 Å². The normalized spacial score (nSPS) is 11.8. The molecule has 0 aliphatic carbocycles. The van der Waals surface area contributed by atoms with Gasteiger partial charge < -0.3 is 14.6 Å². The highest BCUT2D eigenvalue weighted by Gasteiger charge is 2.23. The van der Waals surface area contributed by atoms with Crippen LogP contribution < -0.4 is 5.32 Å². The molecule has 0 spiro atoms. The Morgan fingerprint density at radius 3 is 2.54 bits per heavy atom. The molecule has 128 valence electrons. The molecule has 1 aromatic carbocycles. The molecule has 1 amide bonds. The second-order valence-electron chi connectivity index (χ2n) is 5.41. The molecule has 0 radical (unpaired) electrons. The van der Waals surface area contributed by atoms with Gasteiger partial charge in [-0.3, -0.25) is 4.79 Å². The quantitative estimate of drug-likeness (QED) is 0.820. The van der Waals surface area contributed by atoms with Gasteiger partial charge in [0.1, 0.15) is 17.1 Å². The molecule has 1 heterocycles. The van der Waals surface area contributed by atoms with Gasteiger partial charge in [0.15, 0.2) is 6.10 Å². The molecule has 0 bridgehead atoms. The number of rotatable bonds is 6. The maximum Gasteiger partial charge on any atom is 0.344 e. The van der Waals surface area contributed by atoms with Crippen LogP contribution in [-0.4, -0.2) is 29.7 Å². The molecule has 1 aromatic heterocycles. The van der Waals surface area contributed by atoms with E-state index in [9.17, 15) is 14.0 Å². The van der Waals surface area contributed by atoms with Gasteiger partial charge in [-0.15, -0.1) is 0 Å². The number of hydrogen-bond acceptors (Lipinski definition) is 5. The molecular formula is C17H19FN2O4. The smallest absolute Gasteiger partial charge is 0.344 e. The maximum atomic E-state index is 12.8. The van der Waals surface area contributed by atoms with Gasteiger partial charge in [-0.1, -0.05) is 17.3 Å². The minimum absolute atomic E-state index is 0.237. The van der Waals surface area contributed by atoms with Crippen LogP contribution in [0.5, 0.6) is 0 Å². The van der Waals surface area contributed by atoms with Crippen molar-refractivity contribution < 1.29 is 23.2 Å². The Hall–Kier alpha value is -2.70. The number of hydrogen-bond donors (Lipinski definition) is 1. The molecule has 0 saturated heterocycles. The summed E-state index contributed by atoms with van der Waals surface area (Å²) < 4.78 is 22.8. The Bertz CT molecular complexity index is 705. The molecule has 0 fully saturated rings. The molecule has 0 aliphatic rings. The van der Waals surface area contributed by atoms with Gasteiger partial charge >= 0.3 is 5.97 Å². The minimum Gasteiger partial charge on any atom is -0.449 e. The Morgan fingerprint density at radius 2 is 1.96 bits per heavy atom. The van der Waals surface area contributed by atoms with Crippen LogP contribution in [0.1, 0.15) is 34.3 Å². The highest BCUT2D eigenvalue weighted by atomic mass is 19.1. The average Bonchev–Trinajstić information content (AvgIpc) is 2.88. The summed E-state index contributed by atoms with van der Waals surface area (Å²) >= 11 is 0. The van der Waals surface area contributed by atoms with Crippen LogP contribution in [0.2, 0.25) is 0 Å². The van der Waals surface area contributed by atoms with E-state index in [1.807, 2.05) is 0 Å². The zero-order valence-corrected chi connectivity index (χ0v) is 13.8. The summed E-state index contributed by atoms with van der Waals surface area (Å²) in [7, 11) is 0. The number of nitrogens with one attached hydrogen (secondary N) is 1. The molecule has 0 saturated carbocycles. The number of carbonyl (C=O) groups is 2. The summed E-state index contributed by atoms with van der Waals surface area (Å²) in [6.45, 7) is 5.07. The summed E-state index contributed by atoms with van der Waals surface area (Å²) in [4.78, 5) is 24.0. The van der Waals surface area contributed by atoms with Crippen LogP contribution in [0.4, 0.5) is 4.39 Å². The summed E-state index contributed by atoms with van der Waals surface area (Å²) in [6.07, 6.45) is -0.393. The van der Waals surface area contributed by atoms with Crippen molar-refractivity contribution in [2.45, 2.75) is 33.3 Å². The molecule has 2 rings (SSSR count). The number of aryl methyl sites for hydroxylation is 2. The third-order valence-electron chi connectivity index (χ3n) is 3.52. The second-order valence-corrected chi connectivity index (χ2v) is 5.41. The van der Waals surface area contributed by atoms with Gasteiger partial charge in [0, 0.05) is 6.54 Å². The second kappa shape index (κ2) is 7.72. The molecular weight excluding hydrogens is 315 g/mol. The van der Waals surface area contributed by atoms with Crippen molar-refractivity contribution in [1.29, 1.82) is 0 Å². The number of ether oxygens (including phenoxy) is 1. The van der Waals surface area contributed by atoms with Crippen LogP contribution in [0, 0.1) is 19.7 Å². The van der Waals surface area contributed by atoms with Crippen LogP contribution in [-0.2, 0) is 16.0 Å². The summed E-state index contributed by atoms with van der Waals surface area (Å²) in [5.41, 5.74) is 1.56. The van der Waals surface area contributed by atoms with E-state index in [0.717, 1.165) is 5.56 Å². The number of nitrogens with zero attached hydrogens (tertiary/aromatic N) is 1. The number of benzene rings is 1. The Kier molecular flexibility index (Phi) is 5.68. The summed E-state index contributed by atoms with van der Waals surface area (Å²) in [5, 5.41) is 6.35. The molecule has 7 heteroatoms. The zero-order valence-electron chi connectivity index (χ0n) is 13.8. The van der Waals surface area contributed by atoms with Crippen LogP contribution >= 0.6 is 0 Å². The maximum absolute atomic E-state index is 12.8. The summed E-state index contributed by atoms with van der Waals surface area (Å²) in [6, 6.07) is 6.04. The predicted molar refractivity (Wildman–Crippen MR) is 84.0 cm³/mol. The third-order valence-corrected chi connectivity index (χ3v) is 3.52. The lowest BCUT2D eigenvalue weighted by atomic mass is 10.1. The van der Waals surface area contributed by atoms with Crippen molar-refractivity contribution >= 4 is 11.9 Å². The van der Waals surface area contributed by atoms with E-state index in [0.29, 0.717) is 24.4 Å². The summed E-state index contributed by atoms with van der Waals surface area (Å²) in [5.74, 6) is -1.01. The van der Waals surface area contributed by atoms with Crippen molar-refractivity contribution in [2.75, 3.05) is 6.54 Å². The van der Waals surface area contributed by atoms with E-state index in [2.05, 4.69) is 10.5 Å². The lowest BCUT2D eigenvalue weighted by Crippen LogP contribution is -2.37. The fourth-order valence-electron chi connectivity index (χ4n) is 2.17. The Morgan fingerprint density at radius 1 is 1.29 bits per heavy atom. The van der Waals surface area contributed by atoms with E-state index in [1.54, 1.807) is 26.0 Å². The Labute approximate surface area is 139 Å². The standard InChI is InChI=1S/C17H19FN2O4/c1-10-15(11(2)24-20-10)17(22)23-12(3)16(21)19-9-8-13-4-6-14(18)7-5-13/h4-7,12H,8-9H2,1-3H3,(H,19,21)/t12-/m0/s1. The van der Waals surface area contributed by atoms with Crippen molar-refractivity contribution in [3.63, 3.8) is 0 Å². The van der Waals surface area contributed by atoms with Crippen LogP contribution in [0.25, 0.3) is 0 Å². The first kappa shape index (κ1) is 17.7. The van der Waals surface area contributed by atoms with Crippen molar-refractivity contribution in [3.8, 4) is 0 Å². The highest BCUT2D eigenvalue weighted by Crippen LogP contribution is 2.14. The first-order chi connectivity index (χ1) is 11.4. The number of amides is 1. The average molecular weight is 334 g/mol. The lowest BCUT2D eigenvalue weighted by molar-refractivity contribution is -0.129. The largest absolute Gasteiger partial charge is 0.449 e. The SMILES string of the molecule is Cc1noc(C)c1C(=O)O[C@@H](C)C(=O)NCCc1ccc(F)cc1. The van der Waals surface area contributed by atoms with E-state index < -0.39 is 18.0 Å². The van der Waals surface area contributed by atoms with Gasteiger partial charge in [0.25, 0.3) is 5.91 Å². The number of esters is 1. The van der Waals surface area contributed by atoms with Crippen molar-refractivity contribution in [3.05, 3.63) is 52.7 Å².